The number of rotatable bonds is 5. The van der Waals surface area contributed by atoms with Crippen molar-refractivity contribution in [1.82, 2.24) is 5.32 Å². The van der Waals surface area contributed by atoms with Crippen LogP contribution < -0.4 is 5.32 Å². The van der Waals surface area contributed by atoms with Crippen LogP contribution in [0.15, 0.2) is 28.9 Å². The quantitative estimate of drug-likeness (QED) is 0.640. The molecule has 1 aromatic heterocycles. The van der Waals surface area contributed by atoms with Crippen molar-refractivity contribution < 1.29 is 9.52 Å². The molecule has 1 heterocycles. The molecule has 0 atom stereocenters. The molecule has 0 radical (unpaired) electrons. The van der Waals surface area contributed by atoms with Gasteiger partial charge in [-0.3, -0.25) is 0 Å². The third-order valence-electron chi connectivity index (χ3n) is 1.38. The van der Waals surface area contributed by atoms with Crippen LogP contribution in [-0.2, 0) is 0 Å². The Morgan fingerprint density at radius 3 is 3.17 bits per heavy atom. The molecule has 1 rings (SSSR count). The highest BCUT2D eigenvalue weighted by Gasteiger charge is 1.85. The second-order valence-electron chi connectivity index (χ2n) is 2.35. The van der Waals surface area contributed by atoms with Crippen molar-refractivity contribution in [3.05, 3.63) is 30.2 Å². The summed E-state index contributed by atoms with van der Waals surface area (Å²) in [5.74, 6) is 0.848. The maximum Gasteiger partial charge on any atom is 0.126 e. The first-order chi connectivity index (χ1) is 5.93. The zero-order valence-electron chi connectivity index (χ0n) is 6.86. The van der Waals surface area contributed by atoms with Crippen molar-refractivity contribution in [2.24, 2.45) is 0 Å². The van der Waals surface area contributed by atoms with Crippen molar-refractivity contribution in [1.29, 1.82) is 0 Å². The molecule has 0 saturated carbocycles. The predicted octanol–water partition coefficient (Wildman–Crippen LogP) is 0.875. The fourth-order valence-electron chi connectivity index (χ4n) is 0.826. The Balaban J connectivity index is 2.14. The lowest BCUT2D eigenvalue weighted by atomic mass is 10.4. The van der Waals surface area contributed by atoms with Gasteiger partial charge in [-0.15, -0.1) is 0 Å². The average molecular weight is 167 g/mol. The molecule has 0 saturated heterocycles. The van der Waals surface area contributed by atoms with E-state index in [1.807, 2.05) is 24.3 Å². The van der Waals surface area contributed by atoms with E-state index in [2.05, 4.69) is 5.32 Å². The second kappa shape index (κ2) is 5.57. The lowest BCUT2D eigenvalue weighted by molar-refractivity contribution is 0.294. The predicted molar refractivity (Wildman–Crippen MR) is 47.7 cm³/mol. The SMILES string of the molecule is OCCNC/C=C/c1ccco1. The summed E-state index contributed by atoms with van der Waals surface area (Å²) in [5.41, 5.74) is 0. The summed E-state index contributed by atoms with van der Waals surface area (Å²) in [6.45, 7) is 1.55. The summed E-state index contributed by atoms with van der Waals surface area (Å²) in [5, 5.41) is 11.5. The summed E-state index contributed by atoms with van der Waals surface area (Å²) in [6.07, 6.45) is 5.49. The Bertz CT molecular complexity index is 216. The highest BCUT2D eigenvalue weighted by atomic mass is 16.3. The van der Waals surface area contributed by atoms with Gasteiger partial charge in [0, 0.05) is 13.1 Å². The number of furan rings is 1. The molecule has 0 aromatic carbocycles. The van der Waals surface area contributed by atoms with Gasteiger partial charge in [0.05, 0.1) is 12.9 Å². The number of nitrogens with one attached hydrogen (secondary N) is 1. The van der Waals surface area contributed by atoms with E-state index in [4.69, 9.17) is 9.52 Å². The molecule has 1 aromatic rings. The zero-order valence-corrected chi connectivity index (χ0v) is 6.86. The third kappa shape index (κ3) is 3.37. The first-order valence-electron chi connectivity index (χ1n) is 3.95. The van der Waals surface area contributed by atoms with E-state index in [1.54, 1.807) is 6.26 Å². The summed E-state index contributed by atoms with van der Waals surface area (Å²) in [6, 6.07) is 3.74. The van der Waals surface area contributed by atoms with E-state index in [-0.39, 0.29) is 6.61 Å². The van der Waals surface area contributed by atoms with Crippen LogP contribution in [0.2, 0.25) is 0 Å². The number of hydrogen-bond donors (Lipinski definition) is 2. The van der Waals surface area contributed by atoms with Crippen molar-refractivity contribution in [3.8, 4) is 0 Å². The minimum atomic E-state index is 0.175. The van der Waals surface area contributed by atoms with Crippen LogP contribution in [0.5, 0.6) is 0 Å². The fraction of sp³-hybridized carbons (Fsp3) is 0.333. The minimum Gasteiger partial charge on any atom is -0.465 e. The first-order valence-corrected chi connectivity index (χ1v) is 3.95. The van der Waals surface area contributed by atoms with Crippen LogP contribution >= 0.6 is 0 Å². The van der Waals surface area contributed by atoms with E-state index in [0.717, 1.165) is 12.3 Å². The molecule has 3 heteroatoms. The van der Waals surface area contributed by atoms with Gasteiger partial charge >= 0.3 is 0 Å². The van der Waals surface area contributed by atoms with Gasteiger partial charge in [0.2, 0.25) is 0 Å². The molecule has 0 unspecified atom stereocenters. The summed E-state index contributed by atoms with van der Waals surface area (Å²) < 4.78 is 5.08. The van der Waals surface area contributed by atoms with Gasteiger partial charge in [-0.2, -0.15) is 0 Å². The zero-order chi connectivity index (χ0) is 8.65. The van der Waals surface area contributed by atoms with Gasteiger partial charge in [0.1, 0.15) is 5.76 Å². The van der Waals surface area contributed by atoms with Gasteiger partial charge in [-0.25, -0.2) is 0 Å². The molecule has 0 aliphatic carbocycles. The Morgan fingerprint density at radius 1 is 1.58 bits per heavy atom. The Kier molecular flexibility index (Phi) is 4.19. The minimum absolute atomic E-state index is 0.175. The van der Waals surface area contributed by atoms with Crippen molar-refractivity contribution in [3.63, 3.8) is 0 Å². The van der Waals surface area contributed by atoms with Gasteiger partial charge < -0.3 is 14.8 Å². The highest BCUT2D eigenvalue weighted by molar-refractivity contribution is 5.42. The summed E-state index contributed by atoms with van der Waals surface area (Å²) >= 11 is 0. The molecule has 3 nitrogen and oxygen atoms in total. The number of aliphatic hydroxyl groups is 1. The second-order valence-corrected chi connectivity index (χ2v) is 2.35. The Morgan fingerprint density at radius 2 is 2.50 bits per heavy atom. The van der Waals surface area contributed by atoms with Crippen LogP contribution in [0.3, 0.4) is 0 Å². The largest absolute Gasteiger partial charge is 0.465 e. The molecule has 0 bridgehead atoms. The van der Waals surface area contributed by atoms with E-state index in [9.17, 15) is 0 Å². The van der Waals surface area contributed by atoms with Crippen LogP contribution in [0.1, 0.15) is 5.76 Å². The van der Waals surface area contributed by atoms with Crippen LogP contribution in [0, 0.1) is 0 Å². The summed E-state index contributed by atoms with van der Waals surface area (Å²) in [7, 11) is 0. The molecule has 66 valence electrons. The number of aliphatic hydroxyl groups excluding tert-OH is 1. The van der Waals surface area contributed by atoms with Crippen LogP contribution in [0.25, 0.3) is 6.08 Å². The molecule has 0 fully saturated rings. The first kappa shape index (κ1) is 9.03. The maximum absolute atomic E-state index is 8.44. The van der Waals surface area contributed by atoms with Crippen molar-refractivity contribution >= 4 is 6.08 Å². The molecule has 0 amide bonds. The fourth-order valence-corrected chi connectivity index (χ4v) is 0.826. The monoisotopic (exact) mass is 167 g/mol. The normalized spacial score (nSPS) is 11.1. The van der Waals surface area contributed by atoms with E-state index in [1.165, 1.54) is 0 Å². The molecule has 2 N–H and O–H groups in total. The number of hydrogen-bond acceptors (Lipinski definition) is 3. The molecule has 0 aliphatic rings. The highest BCUT2D eigenvalue weighted by Crippen LogP contribution is 2.00. The van der Waals surface area contributed by atoms with Gasteiger partial charge in [0.25, 0.3) is 0 Å². The van der Waals surface area contributed by atoms with Gasteiger partial charge in [-0.05, 0) is 18.2 Å². The summed E-state index contributed by atoms with van der Waals surface area (Å²) in [4.78, 5) is 0. The van der Waals surface area contributed by atoms with Crippen LogP contribution in [-0.4, -0.2) is 24.8 Å². The van der Waals surface area contributed by atoms with E-state index in [0.29, 0.717) is 6.54 Å². The van der Waals surface area contributed by atoms with Gasteiger partial charge in [-0.1, -0.05) is 6.08 Å². The Labute approximate surface area is 71.7 Å². The standard InChI is InChI=1S/C9H13NO2/c11-7-6-10-5-1-3-9-4-2-8-12-9/h1-4,8,10-11H,5-7H2/b3-1+. The maximum atomic E-state index is 8.44. The van der Waals surface area contributed by atoms with Crippen LogP contribution in [0.4, 0.5) is 0 Å². The lowest BCUT2D eigenvalue weighted by Gasteiger charge is -1.94. The molecule has 12 heavy (non-hydrogen) atoms. The molecular weight excluding hydrogens is 154 g/mol. The topological polar surface area (TPSA) is 45.4 Å². The third-order valence-corrected chi connectivity index (χ3v) is 1.38. The van der Waals surface area contributed by atoms with Gasteiger partial charge in [0.15, 0.2) is 0 Å². The smallest absolute Gasteiger partial charge is 0.126 e. The van der Waals surface area contributed by atoms with Crippen molar-refractivity contribution in [2.45, 2.75) is 0 Å². The van der Waals surface area contributed by atoms with E-state index >= 15 is 0 Å². The van der Waals surface area contributed by atoms with E-state index < -0.39 is 0 Å². The molecule has 0 aliphatic heterocycles. The molecular formula is C9H13NO2. The van der Waals surface area contributed by atoms with Crippen molar-refractivity contribution in [2.75, 3.05) is 19.7 Å². The average Bonchev–Trinajstić information content (AvgIpc) is 2.57. The Hall–Kier alpha value is -1.06. The molecule has 0 spiro atoms. The lowest BCUT2D eigenvalue weighted by Crippen LogP contribution is -2.17.